The fourth-order valence-corrected chi connectivity index (χ4v) is 1.56. The van der Waals surface area contributed by atoms with Crippen LogP contribution in [0.2, 0.25) is 0 Å². The summed E-state index contributed by atoms with van der Waals surface area (Å²) in [5.74, 6) is 1.62. The molecule has 0 fully saturated rings. The maximum atomic E-state index is 5.61. The molecule has 4 nitrogen and oxygen atoms in total. The van der Waals surface area contributed by atoms with Gasteiger partial charge in [-0.1, -0.05) is 12.1 Å². The Hall–Kier alpha value is -2.36. The van der Waals surface area contributed by atoms with Gasteiger partial charge in [0.15, 0.2) is 0 Å². The van der Waals surface area contributed by atoms with Gasteiger partial charge < -0.3 is 20.9 Å². The molecule has 19 heavy (non-hydrogen) atoms. The van der Waals surface area contributed by atoms with E-state index in [4.69, 9.17) is 20.9 Å². The van der Waals surface area contributed by atoms with Gasteiger partial charge in [0, 0.05) is 5.69 Å². The molecule has 2 aromatic carbocycles. The number of nitrogens with two attached hydrogens (primary N) is 2. The summed E-state index contributed by atoms with van der Waals surface area (Å²) in [6.45, 7) is 1.97. The predicted molar refractivity (Wildman–Crippen MR) is 79.5 cm³/mol. The van der Waals surface area contributed by atoms with Gasteiger partial charge in [0.05, 0.1) is 19.9 Å². The number of ether oxygens (including phenoxy) is 2. The molecule has 4 heteroatoms. The molecule has 0 aliphatic carbocycles. The number of hydrogen-bond acceptors (Lipinski definition) is 4. The number of aryl methyl sites for hydroxylation is 1. The summed E-state index contributed by atoms with van der Waals surface area (Å²) in [7, 11) is 3.25. The number of methoxy groups -OCH3 is 2. The van der Waals surface area contributed by atoms with Gasteiger partial charge in [0.2, 0.25) is 0 Å². The Balaban J connectivity index is 0.000000191. The second kappa shape index (κ2) is 7.16. The first-order valence-corrected chi connectivity index (χ1v) is 5.87. The monoisotopic (exact) mass is 260 g/mol. The van der Waals surface area contributed by atoms with E-state index in [-0.39, 0.29) is 0 Å². The molecular formula is C15H20N2O2. The number of benzene rings is 2. The van der Waals surface area contributed by atoms with Crippen molar-refractivity contribution < 1.29 is 9.47 Å². The van der Waals surface area contributed by atoms with Crippen molar-refractivity contribution >= 4 is 11.4 Å². The number of nitrogen functional groups attached to an aromatic ring is 2. The molecule has 0 aliphatic heterocycles. The summed E-state index contributed by atoms with van der Waals surface area (Å²) >= 11 is 0. The van der Waals surface area contributed by atoms with Crippen molar-refractivity contribution in [2.45, 2.75) is 6.92 Å². The molecule has 0 saturated carbocycles. The van der Waals surface area contributed by atoms with Crippen LogP contribution in [0.25, 0.3) is 0 Å². The Morgan fingerprint density at radius 2 is 1.47 bits per heavy atom. The molecule has 0 spiro atoms. The van der Waals surface area contributed by atoms with E-state index in [2.05, 4.69) is 0 Å². The van der Waals surface area contributed by atoms with Gasteiger partial charge >= 0.3 is 0 Å². The zero-order valence-corrected chi connectivity index (χ0v) is 11.5. The van der Waals surface area contributed by atoms with E-state index in [0.717, 1.165) is 22.7 Å². The number of rotatable bonds is 2. The lowest BCUT2D eigenvalue weighted by molar-refractivity contribution is 0.414. The Kier molecular flexibility index (Phi) is 5.54. The molecule has 0 heterocycles. The van der Waals surface area contributed by atoms with E-state index in [1.165, 1.54) is 0 Å². The lowest BCUT2D eigenvalue weighted by Gasteiger charge is -2.05. The highest BCUT2D eigenvalue weighted by Crippen LogP contribution is 2.24. The molecule has 2 rings (SSSR count). The van der Waals surface area contributed by atoms with Gasteiger partial charge in [-0.3, -0.25) is 0 Å². The third kappa shape index (κ3) is 4.43. The normalized spacial score (nSPS) is 9.21. The quantitative estimate of drug-likeness (QED) is 0.814. The Bertz CT molecular complexity index is 490. The van der Waals surface area contributed by atoms with Gasteiger partial charge in [-0.15, -0.1) is 0 Å². The van der Waals surface area contributed by atoms with Crippen LogP contribution in [-0.4, -0.2) is 14.2 Å². The van der Waals surface area contributed by atoms with Gasteiger partial charge in [0.1, 0.15) is 11.5 Å². The van der Waals surface area contributed by atoms with E-state index >= 15 is 0 Å². The third-order valence-electron chi connectivity index (χ3n) is 2.56. The first-order chi connectivity index (χ1) is 9.08. The first-order valence-electron chi connectivity index (χ1n) is 5.87. The van der Waals surface area contributed by atoms with Crippen LogP contribution < -0.4 is 20.9 Å². The summed E-state index contributed by atoms with van der Waals surface area (Å²) in [5.41, 5.74) is 13.6. The fourth-order valence-electron chi connectivity index (χ4n) is 1.56. The molecule has 0 aromatic heterocycles. The zero-order valence-electron chi connectivity index (χ0n) is 11.5. The predicted octanol–water partition coefficient (Wildman–Crippen LogP) is 2.86. The second-order valence-corrected chi connectivity index (χ2v) is 3.97. The third-order valence-corrected chi connectivity index (χ3v) is 2.56. The fraction of sp³-hybridized carbons (Fsp3) is 0.200. The minimum absolute atomic E-state index is 0.697. The Morgan fingerprint density at radius 3 is 1.89 bits per heavy atom. The van der Waals surface area contributed by atoms with Crippen molar-refractivity contribution in [1.82, 2.24) is 0 Å². The molecular weight excluding hydrogens is 240 g/mol. The molecule has 0 saturated heterocycles. The standard InChI is InChI=1S/C8H11NO.C7H9NO/c1-6-4-3-5-7(9)8(6)10-2;1-9-7-4-2-6(8)3-5-7/h3-5H,9H2,1-2H3;2-5H,8H2,1H3. The topological polar surface area (TPSA) is 70.5 Å². The van der Waals surface area contributed by atoms with Gasteiger partial charge in [-0.25, -0.2) is 0 Å². The van der Waals surface area contributed by atoms with E-state index in [0.29, 0.717) is 5.69 Å². The molecule has 0 unspecified atom stereocenters. The van der Waals surface area contributed by atoms with Crippen LogP contribution in [-0.2, 0) is 0 Å². The smallest absolute Gasteiger partial charge is 0.144 e. The average Bonchev–Trinajstić information content (AvgIpc) is 2.41. The lowest BCUT2D eigenvalue weighted by Crippen LogP contribution is -1.93. The van der Waals surface area contributed by atoms with Crippen LogP contribution in [0.4, 0.5) is 11.4 Å². The molecule has 0 radical (unpaired) electrons. The van der Waals surface area contributed by atoms with Crippen LogP contribution in [0, 0.1) is 6.92 Å². The van der Waals surface area contributed by atoms with Gasteiger partial charge in [0.25, 0.3) is 0 Å². The van der Waals surface area contributed by atoms with Crippen LogP contribution in [0.3, 0.4) is 0 Å². The largest absolute Gasteiger partial charge is 0.497 e. The first kappa shape index (κ1) is 14.7. The van der Waals surface area contributed by atoms with Gasteiger partial charge in [-0.2, -0.15) is 0 Å². The number of hydrogen-bond donors (Lipinski definition) is 2. The van der Waals surface area contributed by atoms with Crippen molar-refractivity contribution in [3.63, 3.8) is 0 Å². The van der Waals surface area contributed by atoms with Crippen molar-refractivity contribution in [2.75, 3.05) is 25.7 Å². The summed E-state index contributed by atoms with van der Waals surface area (Å²) < 4.78 is 9.96. The van der Waals surface area contributed by atoms with Crippen molar-refractivity contribution in [2.24, 2.45) is 0 Å². The van der Waals surface area contributed by atoms with Crippen LogP contribution in [0.5, 0.6) is 11.5 Å². The summed E-state index contributed by atoms with van der Waals surface area (Å²) in [6.07, 6.45) is 0. The molecule has 0 bridgehead atoms. The average molecular weight is 260 g/mol. The van der Waals surface area contributed by atoms with Gasteiger partial charge in [-0.05, 0) is 42.8 Å². The number of anilines is 2. The van der Waals surface area contributed by atoms with E-state index in [9.17, 15) is 0 Å². The maximum absolute atomic E-state index is 5.61. The van der Waals surface area contributed by atoms with Crippen molar-refractivity contribution in [3.8, 4) is 11.5 Å². The minimum atomic E-state index is 0.697. The molecule has 4 N–H and O–H groups in total. The highest BCUT2D eigenvalue weighted by atomic mass is 16.5. The van der Waals surface area contributed by atoms with E-state index in [1.54, 1.807) is 26.4 Å². The molecule has 0 aliphatic rings. The molecule has 0 amide bonds. The summed E-state index contributed by atoms with van der Waals surface area (Å²) in [4.78, 5) is 0. The second-order valence-electron chi connectivity index (χ2n) is 3.97. The van der Waals surface area contributed by atoms with E-state index in [1.807, 2.05) is 37.3 Å². The van der Waals surface area contributed by atoms with Crippen molar-refractivity contribution in [1.29, 1.82) is 0 Å². The molecule has 0 atom stereocenters. The van der Waals surface area contributed by atoms with Crippen LogP contribution in [0.1, 0.15) is 5.56 Å². The molecule has 2 aromatic rings. The van der Waals surface area contributed by atoms with Crippen molar-refractivity contribution in [3.05, 3.63) is 48.0 Å². The minimum Gasteiger partial charge on any atom is -0.497 e. The summed E-state index contributed by atoms with van der Waals surface area (Å²) in [5, 5.41) is 0. The Morgan fingerprint density at radius 1 is 0.842 bits per heavy atom. The Labute approximate surface area is 113 Å². The maximum Gasteiger partial charge on any atom is 0.144 e. The number of para-hydroxylation sites is 1. The summed E-state index contributed by atoms with van der Waals surface area (Å²) in [6, 6.07) is 13.0. The van der Waals surface area contributed by atoms with Crippen LogP contribution in [0.15, 0.2) is 42.5 Å². The zero-order chi connectivity index (χ0) is 14.3. The molecule has 102 valence electrons. The SMILES string of the molecule is COc1c(C)cccc1N.COc1ccc(N)cc1. The highest BCUT2D eigenvalue weighted by molar-refractivity contribution is 5.56. The van der Waals surface area contributed by atoms with E-state index < -0.39 is 0 Å². The highest BCUT2D eigenvalue weighted by Gasteiger charge is 1.99. The lowest BCUT2D eigenvalue weighted by atomic mass is 10.2. The van der Waals surface area contributed by atoms with Crippen LogP contribution >= 0.6 is 0 Å².